The number of hydrogen-bond donors (Lipinski definition) is 4. The summed E-state index contributed by atoms with van der Waals surface area (Å²) in [5, 5.41) is 36.5. The Morgan fingerprint density at radius 1 is 1.05 bits per heavy atom. The summed E-state index contributed by atoms with van der Waals surface area (Å²) >= 11 is 0. The fourth-order valence-electron chi connectivity index (χ4n) is 5.79. The number of aliphatic hydroxyl groups excluding tert-OH is 1. The molecule has 10 heteroatoms. The van der Waals surface area contributed by atoms with Crippen LogP contribution in [0.5, 0.6) is 11.5 Å². The molecule has 41 heavy (non-hydrogen) atoms. The van der Waals surface area contributed by atoms with Gasteiger partial charge < -0.3 is 25.5 Å². The first-order valence-electron chi connectivity index (χ1n) is 14.1. The Labute approximate surface area is 243 Å². The molecule has 2 aromatic carbocycles. The van der Waals surface area contributed by atoms with Gasteiger partial charge in [-0.05, 0) is 110 Å². The molecule has 3 aliphatic rings. The number of hydrogen-bond acceptors (Lipinski definition) is 7. The van der Waals surface area contributed by atoms with Gasteiger partial charge in [-0.3, -0.25) is 18.9 Å². The van der Waals surface area contributed by atoms with Gasteiger partial charge in [-0.2, -0.15) is 0 Å². The Balaban J connectivity index is 1.26. The molecule has 5 rings (SSSR count). The summed E-state index contributed by atoms with van der Waals surface area (Å²) < 4.78 is 2.36. The highest BCUT2D eigenvalue weighted by molar-refractivity contribution is 8.15. The van der Waals surface area contributed by atoms with Crippen LogP contribution in [0.15, 0.2) is 40.7 Å². The van der Waals surface area contributed by atoms with E-state index in [1.54, 1.807) is 6.07 Å². The zero-order chi connectivity index (χ0) is 29.3. The van der Waals surface area contributed by atoms with Crippen LogP contribution in [-0.2, 0) is 4.79 Å². The number of aryl methyl sites for hydroxylation is 2. The van der Waals surface area contributed by atoms with E-state index in [0.717, 1.165) is 16.7 Å². The number of phenolic OH excluding ortho intramolecular Hbond substituents is 2. The van der Waals surface area contributed by atoms with E-state index in [0.29, 0.717) is 68.8 Å². The van der Waals surface area contributed by atoms with Crippen molar-refractivity contribution in [3.63, 3.8) is 0 Å². The zero-order valence-electron chi connectivity index (χ0n) is 23.8. The highest BCUT2D eigenvalue weighted by Gasteiger charge is 2.46. The SMILES string of the molecule is C/C=S(/C=C/c1c(C)cc(C(=O)N2CCC(O)CC2)cc1C)N1CCC2(CC1)N=C(c1ccc(O)c(O)c1)NC2=O. The van der Waals surface area contributed by atoms with Gasteiger partial charge in [0.05, 0.1) is 6.10 Å². The lowest BCUT2D eigenvalue weighted by Gasteiger charge is -2.36. The number of aromatic hydroxyl groups is 2. The van der Waals surface area contributed by atoms with Crippen molar-refractivity contribution in [2.75, 3.05) is 26.2 Å². The number of nitrogens with one attached hydrogen (secondary N) is 1. The Bertz CT molecular complexity index is 1430. The first-order chi connectivity index (χ1) is 19.6. The van der Waals surface area contributed by atoms with Gasteiger partial charge in [0.15, 0.2) is 11.5 Å². The minimum Gasteiger partial charge on any atom is -0.504 e. The summed E-state index contributed by atoms with van der Waals surface area (Å²) in [4.78, 5) is 32.6. The first-order valence-corrected chi connectivity index (χ1v) is 15.4. The van der Waals surface area contributed by atoms with Crippen molar-refractivity contribution >= 4 is 39.8 Å². The number of piperidine rings is 2. The third kappa shape index (κ3) is 5.95. The van der Waals surface area contributed by atoms with E-state index in [1.165, 1.54) is 12.1 Å². The van der Waals surface area contributed by atoms with E-state index >= 15 is 0 Å². The number of amides is 2. The number of rotatable bonds is 5. The molecule has 3 aliphatic heterocycles. The van der Waals surface area contributed by atoms with Gasteiger partial charge in [0.2, 0.25) is 0 Å². The van der Waals surface area contributed by atoms with Crippen LogP contribution in [-0.4, -0.2) is 85.4 Å². The molecule has 218 valence electrons. The summed E-state index contributed by atoms with van der Waals surface area (Å²) in [5.41, 5.74) is 3.62. The van der Waals surface area contributed by atoms with E-state index in [2.05, 4.69) is 26.5 Å². The smallest absolute Gasteiger partial charge is 0.253 e. The second-order valence-electron chi connectivity index (χ2n) is 11.0. The Morgan fingerprint density at radius 3 is 2.32 bits per heavy atom. The van der Waals surface area contributed by atoms with E-state index < -0.39 is 5.54 Å². The topological polar surface area (TPSA) is 126 Å². The molecule has 1 atom stereocenters. The number of carbonyl (C=O) groups is 2. The maximum Gasteiger partial charge on any atom is 0.253 e. The first kappa shape index (κ1) is 29.0. The Hall–Kier alpha value is -3.47. The summed E-state index contributed by atoms with van der Waals surface area (Å²) in [6.45, 7) is 8.69. The van der Waals surface area contributed by atoms with Gasteiger partial charge in [-0.25, -0.2) is 0 Å². The van der Waals surface area contributed by atoms with Gasteiger partial charge in [0.1, 0.15) is 11.4 Å². The minimum absolute atomic E-state index is 0.0199. The molecule has 0 saturated carbocycles. The summed E-state index contributed by atoms with van der Waals surface area (Å²) in [6, 6.07) is 8.34. The summed E-state index contributed by atoms with van der Waals surface area (Å²) in [6.07, 6.45) is 4.24. The van der Waals surface area contributed by atoms with Crippen molar-refractivity contribution < 1.29 is 24.9 Å². The standard InChI is InChI=1S/C31H38N4O5S/c1-4-41(16-9-25-20(2)17-23(18-21(25)3)29(39)34-12-7-24(36)8-13-34)35-14-10-31(11-15-35)30(40)32-28(33-31)22-5-6-26(37)27(38)19-22/h4-6,9,16-19,24,36-38H,7-8,10-15H2,1-3H3,(H,32,33,40)/b16-9+. The molecule has 3 heterocycles. The lowest BCUT2D eigenvalue weighted by molar-refractivity contribution is -0.124. The Kier molecular flexibility index (Phi) is 8.35. The van der Waals surface area contributed by atoms with Gasteiger partial charge in [-0.15, -0.1) is 0 Å². The molecular formula is C31H38N4O5S. The van der Waals surface area contributed by atoms with Gasteiger partial charge >= 0.3 is 0 Å². The number of amidine groups is 1. The summed E-state index contributed by atoms with van der Waals surface area (Å²) in [7, 11) is -0.247. The van der Waals surface area contributed by atoms with E-state index in [1.807, 2.05) is 37.8 Å². The zero-order valence-corrected chi connectivity index (χ0v) is 24.6. The lowest BCUT2D eigenvalue weighted by Crippen LogP contribution is -2.47. The molecule has 2 amide bonds. The molecule has 2 saturated heterocycles. The van der Waals surface area contributed by atoms with Gasteiger partial charge in [0, 0.05) is 37.3 Å². The predicted molar refractivity (Wildman–Crippen MR) is 163 cm³/mol. The fraction of sp³-hybridized carbons (Fsp3) is 0.419. The van der Waals surface area contributed by atoms with Crippen molar-refractivity contribution in [3.8, 4) is 11.5 Å². The number of benzene rings is 2. The van der Waals surface area contributed by atoms with E-state index in [-0.39, 0.29) is 40.1 Å². The van der Waals surface area contributed by atoms with E-state index in [4.69, 9.17) is 4.99 Å². The number of carbonyl (C=O) groups excluding carboxylic acids is 2. The van der Waals surface area contributed by atoms with Crippen molar-refractivity contribution in [2.24, 2.45) is 4.99 Å². The largest absolute Gasteiger partial charge is 0.504 e. The maximum atomic E-state index is 13.1. The third-order valence-electron chi connectivity index (χ3n) is 8.28. The van der Waals surface area contributed by atoms with Crippen LogP contribution < -0.4 is 5.32 Å². The monoisotopic (exact) mass is 578 g/mol. The van der Waals surface area contributed by atoms with Crippen LogP contribution >= 0.6 is 10.7 Å². The number of aliphatic imine (C=N–C) groups is 1. The van der Waals surface area contributed by atoms with Crippen molar-refractivity contribution in [2.45, 2.75) is 58.1 Å². The van der Waals surface area contributed by atoms with Crippen LogP contribution in [0.3, 0.4) is 0 Å². The maximum absolute atomic E-state index is 13.1. The quantitative estimate of drug-likeness (QED) is 0.317. The molecule has 1 unspecified atom stereocenters. The van der Waals surface area contributed by atoms with Crippen LogP contribution in [0, 0.1) is 13.8 Å². The molecule has 1 spiro atoms. The third-order valence-corrected chi connectivity index (χ3v) is 10.1. The predicted octanol–water partition coefficient (Wildman–Crippen LogP) is 3.70. The fourth-order valence-corrected chi connectivity index (χ4v) is 7.30. The number of nitrogens with zero attached hydrogens (tertiary/aromatic N) is 3. The van der Waals surface area contributed by atoms with Crippen LogP contribution in [0.25, 0.3) is 6.08 Å². The highest BCUT2D eigenvalue weighted by atomic mass is 32.2. The summed E-state index contributed by atoms with van der Waals surface area (Å²) in [5.74, 6) is -0.153. The van der Waals surface area contributed by atoms with Crippen LogP contribution in [0.1, 0.15) is 65.2 Å². The molecule has 0 radical (unpaired) electrons. The molecule has 2 fully saturated rings. The lowest BCUT2D eigenvalue weighted by atomic mass is 9.89. The number of likely N-dealkylation sites (tertiary alicyclic amines) is 1. The normalized spacial score (nSPS) is 20.5. The van der Waals surface area contributed by atoms with Crippen molar-refractivity contribution in [1.29, 1.82) is 0 Å². The van der Waals surface area contributed by atoms with Crippen LogP contribution in [0.2, 0.25) is 0 Å². The van der Waals surface area contributed by atoms with Gasteiger partial charge in [-0.1, -0.05) is 10.7 Å². The highest BCUT2D eigenvalue weighted by Crippen LogP contribution is 2.37. The minimum atomic E-state index is -0.826. The Morgan fingerprint density at radius 2 is 1.71 bits per heavy atom. The molecular weight excluding hydrogens is 540 g/mol. The van der Waals surface area contributed by atoms with Crippen LogP contribution in [0.4, 0.5) is 0 Å². The second-order valence-corrected chi connectivity index (χ2v) is 13.0. The van der Waals surface area contributed by atoms with E-state index in [9.17, 15) is 24.9 Å². The average molecular weight is 579 g/mol. The molecule has 0 bridgehead atoms. The molecule has 4 N–H and O–H groups in total. The van der Waals surface area contributed by atoms with Crippen molar-refractivity contribution in [3.05, 3.63) is 63.6 Å². The average Bonchev–Trinajstić information content (AvgIpc) is 3.27. The van der Waals surface area contributed by atoms with Crippen molar-refractivity contribution in [1.82, 2.24) is 14.5 Å². The number of aliphatic hydroxyl groups is 1. The molecule has 2 aromatic rings. The van der Waals surface area contributed by atoms with Gasteiger partial charge in [0.25, 0.3) is 11.8 Å². The number of phenols is 2. The molecule has 9 nitrogen and oxygen atoms in total. The molecule has 0 aliphatic carbocycles. The second kappa shape index (κ2) is 11.8. The molecule has 0 aromatic heterocycles.